The number of hydrogen-bond acceptors (Lipinski definition) is 3. The van der Waals surface area contributed by atoms with Crippen LogP contribution in [0.2, 0.25) is 10.0 Å². The van der Waals surface area contributed by atoms with Crippen molar-refractivity contribution in [1.82, 2.24) is 0 Å². The molecule has 0 radical (unpaired) electrons. The van der Waals surface area contributed by atoms with E-state index in [4.69, 9.17) is 28.6 Å². The van der Waals surface area contributed by atoms with Crippen LogP contribution in [0.15, 0.2) is 12.1 Å². The lowest BCUT2D eigenvalue weighted by atomic mass is 9.76. The zero-order valence-corrected chi connectivity index (χ0v) is 12.1. The molecule has 3 N–H and O–H groups in total. The molecule has 0 saturated heterocycles. The van der Waals surface area contributed by atoms with Gasteiger partial charge in [0, 0.05) is 22.2 Å². The Morgan fingerprint density at radius 3 is 2.33 bits per heavy atom. The van der Waals surface area contributed by atoms with Crippen molar-refractivity contribution in [3.63, 3.8) is 0 Å². The highest BCUT2D eigenvalue weighted by Crippen LogP contribution is 2.36. The molecule has 0 spiro atoms. The van der Waals surface area contributed by atoms with Crippen LogP contribution in [0.3, 0.4) is 0 Å². The van der Waals surface area contributed by atoms with Crippen molar-refractivity contribution in [2.24, 2.45) is 11.3 Å². The standard InChI is InChI=1S/C13H17Cl2NO2/c1-13(2,3)9(6-17)11(16)8-4-7(14)5-10(15)12(8)18/h4-5,9,16-18H,6H2,1-3H3/t9-/m1/s1. The highest BCUT2D eigenvalue weighted by Gasteiger charge is 2.30. The molecule has 1 aromatic carbocycles. The number of nitrogens with one attached hydrogen (secondary N) is 1. The maximum Gasteiger partial charge on any atom is 0.143 e. The number of phenolic OH excluding ortho intramolecular Hbond substituents is 1. The SMILES string of the molecule is CC(C)(C)[C@H](CO)C(=N)c1cc(Cl)cc(Cl)c1O. The number of aliphatic hydroxyl groups is 1. The summed E-state index contributed by atoms with van der Waals surface area (Å²) in [5.74, 6) is -0.577. The van der Waals surface area contributed by atoms with E-state index in [0.717, 1.165) is 0 Å². The van der Waals surface area contributed by atoms with Gasteiger partial charge in [-0.2, -0.15) is 0 Å². The summed E-state index contributed by atoms with van der Waals surface area (Å²) in [7, 11) is 0. The summed E-state index contributed by atoms with van der Waals surface area (Å²) in [6.45, 7) is 5.59. The molecule has 0 amide bonds. The molecule has 0 aromatic heterocycles. The van der Waals surface area contributed by atoms with Gasteiger partial charge in [-0.25, -0.2) is 0 Å². The molecule has 18 heavy (non-hydrogen) atoms. The normalized spacial score (nSPS) is 13.4. The molecule has 3 nitrogen and oxygen atoms in total. The Morgan fingerprint density at radius 1 is 1.33 bits per heavy atom. The number of rotatable bonds is 3. The molecule has 0 aliphatic rings. The van der Waals surface area contributed by atoms with Crippen LogP contribution < -0.4 is 0 Å². The number of hydrogen-bond donors (Lipinski definition) is 3. The summed E-state index contributed by atoms with van der Waals surface area (Å²) in [6, 6.07) is 2.90. The zero-order valence-electron chi connectivity index (χ0n) is 10.6. The molecular weight excluding hydrogens is 273 g/mol. The molecule has 5 heteroatoms. The second kappa shape index (κ2) is 5.47. The molecule has 1 rings (SSSR count). The molecule has 0 aliphatic heterocycles. The average molecular weight is 290 g/mol. The maximum atomic E-state index is 9.89. The highest BCUT2D eigenvalue weighted by atomic mass is 35.5. The lowest BCUT2D eigenvalue weighted by Crippen LogP contribution is -2.31. The van der Waals surface area contributed by atoms with Crippen LogP contribution in [-0.4, -0.2) is 22.5 Å². The molecular formula is C13H17Cl2NO2. The monoisotopic (exact) mass is 289 g/mol. The van der Waals surface area contributed by atoms with Gasteiger partial charge in [-0.15, -0.1) is 0 Å². The number of halogens is 2. The van der Waals surface area contributed by atoms with Gasteiger partial charge in [-0.05, 0) is 17.5 Å². The largest absolute Gasteiger partial charge is 0.506 e. The average Bonchev–Trinajstić information content (AvgIpc) is 2.22. The van der Waals surface area contributed by atoms with Gasteiger partial charge in [-0.3, -0.25) is 0 Å². The van der Waals surface area contributed by atoms with E-state index < -0.39 is 5.92 Å². The van der Waals surface area contributed by atoms with Gasteiger partial charge in [0.1, 0.15) is 5.75 Å². The third-order valence-corrected chi connectivity index (χ3v) is 3.40. The third-order valence-electron chi connectivity index (χ3n) is 2.89. The van der Waals surface area contributed by atoms with E-state index in [-0.39, 0.29) is 34.1 Å². The van der Waals surface area contributed by atoms with E-state index in [1.54, 1.807) is 0 Å². The van der Waals surface area contributed by atoms with E-state index in [9.17, 15) is 10.2 Å². The Hall–Kier alpha value is -0.770. The predicted molar refractivity (Wildman–Crippen MR) is 75.0 cm³/mol. The fraction of sp³-hybridized carbons (Fsp3) is 0.462. The van der Waals surface area contributed by atoms with Crippen molar-refractivity contribution in [3.05, 3.63) is 27.7 Å². The van der Waals surface area contributed by atoms with Crippen molar-refractivity contribution in [2.45, 2.75) is 20.8 Å². The Kier molecular flexibility index (Phi) is 4.65. The highest BCUT2D eigenvalue weighted by molar-refractivity contribution is 6.36. The van der Waals surface area contributed by atoms with Gasteiger partial charge >= 0.3 is 0 Å². The lowest BCUT2D eigenvalue weighted by molar-refractivity contribution is 0.180. The van der Waals surface area contributed by atoms with E-state index in [2.05, 4.69) is 0 Å². The van der Waals surface area contributed by atoms with Crippen molar-refractivity contribution in [1.29, 1.82) is 5.41 Å². The zero-order chi connectivity index (χ0) is 14.1. The molecule has 0 saturated carbocycles. The molecule has 0 heterocycles. The van der Waals surface area contributed by atoms with E-state index in [0.29, 0.717) is 5.02 Å². The fourth-order valence-corrected chi connectivity index (χ4v) is 2.25. The number of aromatic hydroxyl groups is 1. The molecule has 1 aromatic rings. The Bertz CT molecular complexity index is 467. The first-order valence-electron chi connectivity index (χ1n) is 5.56. The first-order chi connectivity index (χ1) is 8.18. The first-order valence-corrected chi connectivity index (χ1v) is 6.31. The van der Waals surface area contributed by atoms with Crippen molar-refractivity contribution < 1.29 is 10.2 Å². The van der Waals surface area contributed by atoms with Gasteiger partial charge in [0.25, 0.3) is 0 Å². The fourth-order valence-electron chi connectivity index (χ4n) is 1.76. The predicted octanol–water partition coefficient (Wildman–Crippen LogP) is 3.72. The molecule has 0 fully saturated rings. The molecule has 0 aliphatic carbocycles. The molecule has 1 atom stereocenters. The van der Waals surface area contributed by atoms with Crippen LogP contribution in [0.25, 0.3) is 0 Å². The van der Waals surface area contributed by atoms with Gasteiger partial charge in [0.15, 0.2) is 0 Å². The van der Waals surface area contributed by atoms with Crippen LogP contribution in [-0.2, 0) is 0 Å². The van der Waals surface area contributed by atoms with E-state index in [1.165, 1.54) is 12.1 Å². The van der Waals surface area contributed by atoms with Crippen LogP contribution >= 0.6 is 23.2 Å². The Labute approximate surface area is 117 Å². The smallest absolute Gasteiger partial charge is 0.143 e. The molecule has 0 bridgehead atoms. The van der Waals surface area contributed by atoms with Crippen LogP contribution in [0.1, 0.15) is 26.3 Å². The third kappa shape index (κ3) is 3.16. The summed E-state index contributed by atoms with van der Waals surface area (Å²) in [5, 5.41) is 27.9. The quantitative estimate of drug-likeness (QED) is 0.743. The van der Waals surface area contributed by atoms with Crippen molar-refractivity contribution in [2.75, 3.05) is 6.61 Å². The van der Waals surface area contributed by atoms with E-state index >= 15 is 0 Å². The van der Waals surface area contributed by atoms with Gasteiger partial charge in [0.05, 0.1) is 11.6 Å². The summed E-state index contributed by atoms with van der Waals surface area (Å²) in [5.41, 5.74) is 0.0981. The maximum absolute atomic E-state index is 9.89. The number of aliphatic hydroxyl groups excluding tert-OH is 1. The lowest BCUT2D eigenvalue weighted by Gasteiger charge is -2.30. The first kappa shape index (κ1) is 15.3. The second-order valence-corrected chi connectivity index (χ2v) is 6.14. The topological polar surface area (TPSA) is 64.3 Å². The van der Waals surface area contributed by atoms with Crippen LogP contribution in [0.5, 0.6) is 5.75 Å². The minimum atomic E-state index is -0.405. The van der Waals surface area contributed by atoms with Crippen LogP contribution in [0, 0.1) is 16.7 Å². The summed E-state index contributed by atoms with van der Waals surface area (Å²) >= 11 is 11.7. The minimum absolute atomic E-state index is 0.104. The number of phenols is 1. The van der Waals surface area contributed by atoms with Crippen LogP contribution in [0.4, 0.5) is 0 Å². The van der Waals surface area contributed by atoms with Gasteiger partial charge in [0.2, 0.25) is 0 Å². The second-order valence-electron chi connectivity index (χ2n) is 5.30. The molecule has 0 unspecified atom stereocenters. The van der Waals surface area contributed by atoms with Gasteiger partial charge < -0.3 is 15.6 Å². The van der Waals surface area contributed by atoms with Crippen molar-refractivity contribution in [3.8, 4) is 5.75 Å². The number of benzene rings is 1. The Balaban J connectivity index is 3.26. The van der Waals surface area contributed by atoms with E-state index in [1.807, 2.05) is 20.8 Å². The summed E-state index contributed by atoms with van der Waals surface area (Å²) in [4.78, 5) is 0. The van der Waals surface area contributed by atoms with Crippen molar-refractivity contribution >= 4 is 28.9 Å². The molecule has 100 valence electrons. The minimum Gasteiger partial charge on any atom is -0.506 e. The summed E-state index contributed by atoms with van der Waals surface area (Å²) in [6.07, 6.45) is 0. The summed E-state index contributed by atoms with van der Waals surface area (Å²) < 4.78 is 0. The van der Waals surface area contributed by atoms with Gasteiger partial charge in [-0.1, -0.05) is 44.0 Å². The Morgan fingerprint density at radius 2 is 1.89 bits per heavy atom.